The van der Waals surface area contributed by atoms with Crippen LogP contribution in [0.2, 0.25) is 5.02 Å². The highest BCUT2D eigenvalue weighted by Gasteiger charge is 2.18. The molecule has 0 fully saturated rings. The Hall–Kier alpha value is -2.82. The topological polar surface area (TPSA) is 104 Å². The van der Waals surface area contributed by atoms with E-state index in [0.29, 0.717) is 15.8 Å². The van der Waals surface area contributed by atoms with Gasteiger partial charge in [0, 0.05) is 16.8 Å². The van der Waals surface area contributed by atoms with Gasteiger partial charge in [0.1, 0.15) is 4.70 Å². The minimum absolute atomic E-state index is 0.128. The Bertz CT molecular complexity index is 1240. The predicted octanol–water partition coefficient (Wildman–Crippen LogP) is 4.09. The van der Waals surface area contributed by atoms with Gasteiger partial charge in [-0.15, -0.1) is 16.4 Å². The van der Waals surface area contributed by atoms with Crippen LogP contribution in [0.5, 0.6) is 0 Å². The molecule has 0 atom stereocenters. The van der Waals surface area contributed by atoms with E-state index in [2.05, 4.69) is 15.3 Å². The van der Waals surface area contributed by atoms with Crippen molar-refractivity contribution in [3.05, 3.63) is 79.8 Å². The van der Waals surface area contributed by atoms with E-state index in [4.69, 9.17) is 11.6 Å². The maximum atomic E-state index is 12.3. The number of benzene rings is 2. The summed E-state index contributed by atoms with van der Waals surface area (Å²) in [6.45, 7) is 0. The van der Waals surface area contributed by atoms with Crippen LogP contribution in [-0.2, 0) is 5.75 Å². The lowest BCUT2D eigenvalue weighted by atomic mass is 10.2. The fraction of sp³-hybridized carbons (Fsp3) is 0.0588. The number of non-ortho nitro benzene ring substituents is 1. The van der Waals surface area contributed by atoms with Crippen LogP contribution in [0, 0.1) is 10.1 Å². The molecular formula is C17H10ClN5O3S2. The van der Waals surface area contributed by atoms with E-state index < -0.39 is 10.5 Å². The fourth-order valence-corrected chi connectivity index (χ4v) is 4.73. The van der Waals surface area contributed by atoms with Crippen molar-refractivity contribution in [1.29, 1.82) is 0 Å². The number of nitro benzene ring substituents is 1. The smallest absolute Gasteiger partial charge is 0.267 e. The van der Waals surface area contributed by atoms with E-state index in [1.807, 2.05) is 30.3 Å². The van der Waals surface area contributed by atoms with Crippen molar-refractivity contribution in [1.82, 2.24) is 20.0 Å². The molecule has 0 spiro atoms. The summed E-state index contributed by atoms with van der Waals surface area (Å²) >= 11 is 8.24. The first kappa shape index (κ1) is 18.5. The molecule has 2 aromatic heterocycles. The molecule has 0 aliphatic rings. The number of nitrogens with zero attached hydrogens (tertiary/aromatic N) is 5. The SMILES string of the molecule is O=c1nc(SCc2cn(-c3ccccc3)nn2)sc2c([N+](=O)[O-])cc(Cl)cc12. The highest BCUT2D eigenvalue weighted by Crippen LogP contribution is 2.35. The van der Waals surface area contributed by atoms with Gasteiger partial charge in [-0.3, -0.25) is 14.9 Å². The maximum absolute atomic E-state index is 12.3. The second-order valence-electron chi connectivity index (χ2n) is 5.62. The summed E-state index contributed by atoms with van der Waals surface area (Å²) in [5.74, 6) is 0.419. The molecule has 0 amide bonds. The molecule has 0 saturated heterocycles. The quantitative estimate of drug-likeness (QED) is 0.266. The zero-order chi connectivity index (χ0) is 19.7. The number of hydrogen-bond acceptors (Lipinski definition) is 8. The molecule has 4 rings (SSSR count). The van der Waals surface area contributed by atoms with Crippen molar-refractivity contribution >= 4 is 50.5 Å². The molecule has 0 aliphatic heterocycles. The Labute approximate surface area is 170 Å². The molecule has 8 nitrogen and oxygen atoms in total. The molecule has 2 aromatic carbocycles. The first-order valence-electron chi connectivity index (χ1n) is 7.89. The van der Waals surface area contributed by atoms with E-state index in [-0.39, 0.29) is 20.8 Å². The Morgan fingerprint density at radius 2 is 2.04 bits per heavy atom. The van der Waals surface area contributed by atoms with Crippen LogP contribution in [0.15, 0.2) is 57.8 Å². The highest BCUT2D eigenvalue weighted by molar-refractivity contribution is 8.00. The number of thioether (sulfide) groups is 1. The minimum Gasteiger partial charge on any atom is -0.267 e. The van der Waals surface area contributed by atoms with E-state index >= 15 is 0 Å². The fourth-order valence-electron chi connectivity index (χ4n) is 2.50. The van der Waals surface area contributed by atoms with E-state index in [0.717, 1.165) is 17.0 Å². The van der Waals surface area contributed by atoms with Crippen molar-refractivity contribution in [2.24, 2.45) is 0 Å². The predicted molar refractivity (Wildman–Crippen MR) is 108 cm³/mol. The summed E-state index contributed by atoms with van der Waals surface area (Å²) in [5, 5.41) is 19.8. The van der Waals surface area contributed by atoms with Crippen LogP contribution < -0.4 is 5.56 Å². The van der Waals surface area contributed by atoms with Gasteiger partial charge in [0.05, 0.1) is 27.9 Å². The summed E-state index contributed by atoms with van der Waals surface area (Å²) in [6, 6.07) is 12.2. The highest BCUT2D eigenvalue weighted by atomic mass is 35.5. The molecule has 4 aromatic rings. The molecule has 0 unspecified atom stereocenters. The van der Waals surface area contributed by atoms with E-state index in [9.17, 15) is 14.9 Å². The largest absolute Gasteiger partial charge is 0.288 e. The number of hydrogen-bond donors (Lipinski definition) is 0. The van der Waals surface area contributed by atoms with E-state index in [1.54, 1.807) is 10.9 Å². The summed E-state index contributed by atoms with van der Waals surface area (Å²) in [4.78, 5) is 27.1. The Morgan fingerprint density at radius 3 is 2.79 bits per heavy atom. The molecule has 140 valence electrons. The summed E-state index contributed by atoms with van der Waals surface area (Å²) in [5.41, 5.74) is 0.826. The van der Waals surface area contributed by atoms with Gasteiger partial charge in [0.2, 0.25) is 0 Å². The Morgan fingerprint density at radius 1 is 1.25 bits per heavy atom. The second-order valence-corrected chi connectivity index (χ2v) is 8.28. The van der Waals surface area contributed by atoms with Crippen LogP contribution in [0.3, 0.4) is 0 Å². The monoisotopic (exact) mass is 431 g/mol. The zero-order valence-corrected chi connectivity index (χ0v) is 16.4. The van der Waals surface area contributed by atoms with Crippen LogP contribution in [0.1, 0.15) is 5.69 Å². The standard InChI is InChI=1S/C17H10ClN5O3S2/c18-10-6-13-15(14(7-10)23(25)26)28-17(19-16(13)24)27-9-11-8-22(21-20-11)12-4-2-1-3-5-12/h1-8H,9H2. The van der Waals surface area contributed by atoms with Crippen molar-refractivity contribution < 1.29 is 4.92 Å². The molecule has 28 heavy (non-hydrogen) atoms. The third kappa shape index (κ3) is 3.75. The number of aromatic nitrogens is 4. The first-order valence-corrected chi connectivity index (χ1v) is 10.1. The minimum atomic E-state index is -0.552. The van der Waals surface area contributed by atoms with Crippen molar-refractivity contribution in [2.75, 3.05) is 0 Å². The van der Waals surface area contributed by atoms with Gasteiger partial charge in [-0.05, 0) is 18.2 Å². The average Bonchev–Trinajstić information content (AvgIpc) is 3.16. The summed E-state index contributed by atoms with van der Waals surface area (Å²) < 4.78 is 2.32. The lowest BCUT2D eigenvalue weighted by molar-refractivity contribution is -0.382. The number of halogens is 1. The van der Waals surface area contributed by atoms with Gasteiger partial charge in [0.15, 0.2) is 4.34 Å². The van der Waals surface area contributed by atoms with Crippen LogP contribution >= 0.6 is 34.7 Å². The first-order chi connectivity index (χ1) is 13.5. The molecule has 11 heteroatoms. The van der Waals surface area contributed by atoms with Crippen molar-refractivity contribution in [3.8, 4) is 5.69 Å². The lowest BCUT2D eigenvalue weighted by Crippen LogP contribution is -2.06. The number of para-hydroxylation sites is 1. The third-order valence-electron chi connectivity index (χ3n) is 3.75. The molecule has 0 bridgehead atoms. The van der Waals surface area contributed by atoms with Gasteiger partial charge in [-0.2, -0.15) is 4.98 Å². The van der Waals surface area contributed by atoms with Crippen LogP contribution in [0.25, 0.3) is 15.8 Å². The average molecular weight is 432 g/mol. The Kier molecular flexibility index (Phi) is 5.07. The summed E-state index contributed by atoms with van der Waals surface area (Å²) in [7, 11) is 0. The molecule has 0 aliphatic carbocycles. The number of fused-ring (bicyclic) bond motifs is 1. The lowest BCUT2D eigenvalue weighted by Gasteiger charge is -2.02. The van der Waals surface area contributed by atoms with Gasteiger partial charge < -0.3 is 0 Å². The second kappa shape index (κ2) is 7.66. The van der Waals surface area contributed by atoms with Gasteiger partial charge in [0.25, 0.3) is 11.2 Å². The maximum Gasteiger partial charge on any atom is 0.288 e. The number of nitro groups is 1. The molecule has 0 N–H and O–H groups in total. The molecular weight excluding hydrogens is 422 g/mol. The van der Waals surface area contributed by atoms with Crippen LogP contribution in [0.4, 0.5) is 5.69 Å². The zero-order valence-electron chi connectivity index (χ0n) is 14.0. The van der Waals surface area contributed by atoms with Crippen molar-refractivity contribution in [2.45, 2.75) is 10.1 Å². The van der Waals surface area contributed by atoms with Gasteiger partial charge in [-0.25, -0.2) is 4.68 Å². The van der Waals surface area contributed by atoms with Gasteiger partial charge in [-0.1, -0.05) is 46.8 Å². The van der Waals surface area contributed by atoms with Gasteiger partial charge >= 0.3 is 0 Å². The number of rotatable bonds is 5. The molecule has 0 radical (unpaired) electrons. The van der Waals surface area contributed by atoms with E-state index in [1.165, 1.54) is 23.9 Å². The third-order valence-corrected chi connectivity index (χ3v) is 6.25. The van der Waals surface area contributed by atoms with Crippen molar-refractivity contribution in [3.63, 3.8) is 0 Å². The Balaban J connectivity index is 1.61. The van der Waals surface area contributed by atoms with Crippen LogP contribution in [-0.4, -0.2) is 24.9 Å². The molecule has 2 heterocycles. The summed E-state index contributed by atoms with van der Waals surface area (Å²) in [6.07, 6.45) is 1.79. The normalized spacial score (nSPS) is 11.0. The molecule has 0 saturated carbocycles.